The lowest BCUT2D eigenvalue weighted by Crippen LogP contribution is -2.62. The summed E-state index contributed by atoms with van der Waals surface area (Å²) < 4.78 is 51.7. The largest absolute Gasteiger partial charge is 0.492 e. The molecule has 0 aromatic heterocycles. The van der Waals surface area contributed by atoms with Crippen molar-refractivity contribution in [3.63, 3.8) is 0 Å². The molecule has 2 aromatic rings. The van der Waals surface area contributed by atoms with Crippen molar-refractivity contribution in [2.45, 2.75) is 38.4 Å². The number of alkyl halides is 3. The molecule has 3 aliphatic heterocycles. The van der Waals surface area contributed by atoms with Gasteiger partial charge in [0.15, 0.2) is 0 Å². The molecule has 2 aromatic carbocycles. The first-order chi connectivity index (χ1) is 19.2. The predicted molar refractivity (Wildman–Crippen MR) is 144 cm³/mol. The van der Waals surface area contributed by atoms with Crippen LogP contribution in [0.4, 0.5) is 18.9 Å². The van der Waals surface area contributed by atoms with Crippen molar-refractivity contribution in [2.24, 2.45) is 11.8 Å². The Kier molecular flexibility index (Phi) is 8.54. The average Bonchev–Trinajstić information content (AvgIpc) is 2.96. The Labute approximate surface area is 232 Å². The summed E-state index contributed by atoms with van der Waals surface area (Å²) in [5.41, 5.74) is 0.651. The van der Waals surface area contributed by atoms with Crippen LogP contribution in [0.15, 0.2) is 48.5 Å². The van der Waals surface area contributed by atoms with E-state index in [0.717, 1.165) is 24.0 Å². The van der Waals surface area contributed by atoms with E-state index in [1.807, 2.05) is 30.3 Å². The first-order valence-corrected chi connectivity index (χ1v) is 14.1. The highest BCUT2D eigenvalue weighted by atomic mass is 19.4. The molecule has 0 spiro atoms. The third kappa shape index (κ3) is 6.22. The number of piperidine rings is 1. The number of carbonyl (C=O) groups excluding carboxylic acids is 2. The minimum atomic E-state index is -4.45. The fraction of sp³-hybridized carbons (Fsp3) is 0.533. The van der Waals surface area contributed by atoms with Crippen LogP contribution in [0.25, 0.3) is 0 Å². The number of halogens is 3. The number of ether oxygens (including phenoxy) is 2. The van der Waals surface area contributed by atoms with Crippen LogP contribution < -0.4 is 9.64 Å². The molecular formula is C30H36F3N3O4. The normalized spacial score (nSPS) is 21.9. The van der Waals surface area contributed by atoms with Crippen LogP contribution in [0.2, 0.25) is 0 Å². The van der Waals surface area contributed by atoms with Gasteiger partial charge in [-0.05, 0) is 62.1 Å². The molecule has 2 saturated heterocycles. The van der Waals surface area contributed by atoms with Crippen LogP contribution in [0.3, 0.4) is 0 Å². The van der Waals surface area contributed by atoms with E-state index in [-0.39, 0.29) is 30.3 Å². The summed E-state index contributed by atoms with van der Waals surface area (Å²) in [6.45, 7) is 6.12. The number of para-hydroxylation sites is 1. The lowest BCUT2D eigenvalue weighted by molar-refractivity contribution is -0.152. The summed E-state index contributed by atoms with van der Waals surface area (Å²) >= 11 is 0. The highest BCUT2D eigenvalue weighted by molar-refractivity contribution is 5.83. The second kappa shape index (κ2) is 12.1. The third-order valence-electron chi connectivity index (χ3n) is 8.29. The number of esters is 1. The molecule has 216 valence electrons. The predicted octanol–water partition coefficient (Wildman–Crippen LogP) is 4.25. The number of carbonyl (C=O) groups is 2. The van der Waals surface area contributed by atoms with E-state index >= 15 is 0 Å². The molecule has 0 saturated carbocycles. The number of likely N-dealkylation sites (tertiary alicyclic amines) is 1. The molecule has 2 unspecified atom stereocenters. The summed E-state index contributed by atoms with van der Waals surface area (Å²) in [6.07, 6.45) is -3.13. The molecule has 2 atom stereocenters. The molecule has 7 nitrogen and oxygen atoms in total. The van der Waals surface area contributed by atoms with Gasteiger partial charge < -0.3 is 19.3 Å². The summed E-state index contributed by atoms with van der Waals surface area (Å²) in [6, 6.07) is 13.3. The van der Waals surface area contributed by atoms with Gasteiger partial charge in [0.2, 0.25) is 5.91 Å². The Morgan fingerprint density at radius 1 is 1.00 bits per heavy atom. The standard InChI is InChI=1S/C30H36F3N3O4/c1-2-39-29(38)21-10-12-35(13-11-21)28(37)25-19-22-18-23(30(31,32)33)8-9-26(22)36-15-14-34(20-27(25)36)16-17-40-24-6-4-3-5-7-24/h3-9,18,21,25,27H,2,10-17,19-20H2,1H3. The van der Waals surface area contributed by atoms with Gasteiger partial charge in [0, 0.05) is 45.0 Å². The van der Waals surface area contributed by atoms with E-state index in [1.165, 1.54) is 6.07 Å². The van der Waals surface area contributed by atoms with Gasteiger partial charge >= 0.3 is 12.1 Å². The monoisotopic (exact) mass is 559 g/mol. The molecule has 1 amide bonds. The molecule has 2 fully saturated rings. The van der Waals surface area contributed by atoms with Crippen molar-refractivity contribution < 1.29 is 32.2 Å². The summed E-state index contributed by atoms with van der Waals surface area (Å²) in [4.78, 5) is 32.3. The number of piperazine rings is 1. The highest BCUT2D eigenvalue weighted by Gasteiger charge is 2.44. The number of hydrogen-bond acceptors (Lipinski definition) is 6. The maximum absolute atomic E-state index is 13.9. The molecule has 10 heteroatoms. The Hall–Kier alpha value is -3.27. The molecular weight excluding hydrogens is 523 g/mol. The zero-order valence-corrected chi connectivity index (χ0v) is 22.7. The number of rotatable bonds is 7. The fourth-order valence-corrected chi connectivity index (χ4v) is 6.19. The minimum Gasteiger partial charge on any atom is -0.492 e. The van der Waals surface area contributed by atoms with Gasteiger partial charge in [-0.3, -0.25) is 14.5 Å². The van der Waals surface area contributed by atoms with Gasteiger partial charge in [-0.2, -0.15) is 13.2 Å². The molecule has 0 radical (unpaired) electrons. The van der Waals surface area contributed by atoms with Crippen molar-refractivity contribution in [1.82, 2.24) is 9.80 Å². The lowest BCUT2D eigenvalue weighted by Gasteiger charge is -2.50. The molecule has 5 rings (SSSR count). The van der Waals surface area contributed by atoms with Gasteiger partial charge in [0.25, 0.3) is 0 Å². The van der Waals surface area contributed by atoms with E-state index in [4.69, 9.17) is 9.47 Å². The number of hydrogen-bond donors (Lipinski definition) is 0. The van der Waals surface area contributed by atoms with Crippen molar-refractivity contribution in [2.75, 3.05) is 57.4 Å². The average molecular weight is 560 g/mol. The molecule has 0 bridgehead atoms. The van der Waals surface area contributed by atoms with Crippen LogP contribution in [-0.2, 0) is 26.9 Å². The van der Waals surface area contributed by atoms with Crippen LogP contribution >= 0.6 is 0 Å². The highest BCUT2D eigenvalue weighted by Crippen LogP contribution is 2.40. The molecule has 40 heavy (non-hydrogen) atoms. The second-order valence-electron chi connectivity index (χ2n) is 10.7. The topological polar surface area (TPSA) is 62.3 Å². The molecule has 0 N–H and O–H groups in total. The van der Waals surface area contributed by atoms with Gasteiger partial charge in [-0.25, -0.2) is 0 Å². The van der Waals surface area contributed by atoms with E-state index in [9.17, 15) is 22.8 Å². The zero-order chi connectivity index (χ0) is 28.3. The Balaban J connectivity index is 1.32. The van der Waals surface area contributed by atoms with Crippen LogP contribution in [0.5, 0.6) is 5.75 Å². The van der Waals surface area contributed by atoms with Crippen molar-refractivity contribution in [1.29, 1.82) is 0 Å². The quantitative estimate of drug-likeness (QED) is 0.473. The fourth-order valence-electron chi connectivity index (χ4n) is 6.19. The van der Waals surface area contributed by atoms with E-state index in [0.29, 0.717) is 64.3 Å². The first-order valence-electron chi connectivity index (χ1n) is 14.1. The second-order valence-corrected chi connectivity index (χ2v) is 10.7. The minimum absolute atomic E-state index is 0.0530. The van der Waals surface area contributed by atoms with Crippen molar-refractivity contribution in [3.8, 4) is 5.75 Å². The summed E-state index contributed by atoms with van der Waals surface area (Å²) in [5.74, 6) is -0.187. The Morgan fingerprint density at radius 3 is 2.45 bits per heavy atom. The molecule has 0 aliphatic carbocycles. The zero-order valence-electron chi connectivity index (χ0n) is 22.7. The maximum Gasteiger partial charge on any atom is 0.416 e. The van der Waals surface area contributed by atoms with Crippen LogP contribution in [0, 0.1) is 11.8 Å². The van der Waals surface area contributed by atoms with Gasteiger partial charge in [0.1, 0.15) is 12.4 Å². The maximum atomic E-state index is 13.9. The van der Waals surface area contributed by atoms with E-state index in [2.05, 4.69) is 9.80 Å². The number of benzene rings is 2. The number of anilines is 1. The van der Waals surface area contributed by atoms with Crippen LogP contribution in [0.1, 0.15) is 30.9 Å². The number of nitrogens with zero attached hydrogens (tertiary/aromatic N) is 3. The van der Waals surface area contributed by atoms with Crippen LogP contribution in [-0.4, -0.2) is 80.2 Å². The number of amides is 1. The van der Waals surface area contributed by atoms with Gasteiger partial charge in [-0.1, -0.05) is 18.2 Å². The van der Waals surface area contributed by atoms with E-state index < -0.39 is 17.7 Å². The Bertz CT molecular complexity index is 1180. The van der Waals surface area contributed by atoms with E-state index in [1.54, 1.807) is 17.9 Å². The molecule has 3 aliphatic rings. The number of fused-ring (bicyclic) bond motifs is 3. The summed E-state index contributed by atoms with van der Waals surface area (Å²) in [7, 11) is 0. The van der Waals surface area contributed by atoms with Gasteiger partial charge in [0.05, 0.1) is 30.0 Å². The van der Waals surface area contributed by atoms with Gasteiger partial charge in [-0.15, -0.1) is 0 Å². The van der Waals surface area contributed by atoms with Crippen molar-refractivity contribution in [3.05, 3.63) is 59.7 Å². The first kappa shape index (κ1) is 28.3. The SMILES string of the molecule is CCOC(=O)C1CCN(C(=O)C2Cc3cc(C(F)(F)F)ccc3N3CCN(CCOc4ccccc4)CC23)CC1. The van der Waals surface area contributed by atoms with Crippen molar-refractivity contribution >= 4 is 17.6 Å². The lowest BCUT2D eigenvalue weighted by atomic mass is 9.82. The third-order valence-corrected chi connectivity index (χ3v) is 8.29. The summed E-state index contributed by atoms with van der Waals surface area (Å²) in [5, 5.41) is 0. The Morgan fingerprint density at radius 2 is 1.75 bits per heavy atom. The molecule has 3 heterocycles. The smallest absolute Gasteiger partial charge is 0.416 e.